The summed E-state index contributed by atoms with van der Waals surface area (Å²) in [5.41, 5.74) is -1.12. The van der Waals surface area contributed by atoms with Crippen LogP contribution in [0, 0.1) is 0 Å². The maximum Gasteiger partial charge on any atom is 0.150 e. The molecule has 0 radical (unpaired) electrons. The van der Waals surface area contributed by atoms with E-state index in [0.717, 1.165) is 0 Å². The molecule has 4 heteroatoms. The third kappa shape index (κ3) is 0.703. The van der Waals surface area contributed by atoms with Gasteiger partial charge in [0.25, 0.3) is 0 Å². The van der Waals surface area contributed by atoms with Crippen molar-refractivity contribution in [1.29, 1.82) is 0 Å². The number of hydrogen-bond acceptors (Lipinski definition) is 4. The SMILES string of the molecule is COC1(C(C)O)C(O)C1O. The molecule has 1 aliphatic carbocycles. The second-order valence-corrected chi connectivity index (χ2v) is 2.62. The Balaban J connectivity index is 2.66. The van der Waals surface area contributed by atoms with Gasteiger partial charge in [0.05, 0.1) is 6.10 Å². The van der Waals surface area contributed by atoms with Crippen molar-refractivity contribution in [1.82, 2.24) is 0 Å². The topological polar surface area (TPSA) is 69.9 Å². The first-order chi connectivity index (χ1) is 4.57. The summed E-state index contributed by atoms with van der Waals surface area (Å²) < 4.78 is 4.78. The minimum atomic E-state index is -1.12. The third-order valence-corrected chi connectivity index (χ3v) is 2.12. The molecule has 0 aliphatic heterocycles. The van der Waals surface area contributed by atoms with E-state index in [1.165, 1.54) is 14.0 Å². The van der Waals surface area contributed by atoms with Gasteiger partial charge in [0.15, 0.2) is 0 Å². The summed E-state index contributed by atoms with van der Waals surface area (Å²) >= 11 is 0. The van der Waals surface area contributed by atoms with Gasteiger partial charge in [0.2, 0.25) is 0 Å². The molecule has 1 aliphatic rings. The molecular formula is C6H12O4. The first-order valence-corrected chi connectivity index (χ1v) is 3.16. The summed E-state index contributed by atoms with van der Waals surface area (Å²) in [5.74, 6) is 0. The Morgan fingerprint density at radius 2 is 1.80 bits per heavy atom. The van der Waals surface area contributed by atoms with E-state index in [0.29, 0.717) is 0 Å². The maximum atomic E-state index is 9.04. The summed E-state index contributed by atoms with van der Waals surface area (Å²) in [4.78, 5) is 0. The minimum Gasteiger partial charge on any atom is -0.390 e. The molecule has 3 atom stereocenters. The molecule has 10 heavy (non-hydrogen) atoms. The van der Waals surface area contributed by atoms with E-state index in [1.807, 2.05) is 0 Å². The third-order valence-electron chi connectivity index (χ3n) is 2.12. The lowest BCUT2D eigenvalue weighted by Gasteiger charge is -2.16. The highest BCUT2D eigenvalue weighted by Crippen LogP contribution is 2.42. The van der Waals surface area contributed by atoms with E-state index < -0.39 is 23.9 Å². The monoisotopic (exact) mass is 148 g/mol. The highest BCUT2D eigenvalue weighted by atomic mass is 16.6. The molecule has 0 heterocycles. The van der Waals surface area contributed by atoms with E-state index in [9.17, 15) is 0 Å². The van der Waals surface area contributed by atoms with Crippen molar-refractivity contribution in [3.63, 3.8) is 0 Å². The van der Waals surface area contributed by atoms with Gasteiger partial charge in [-0.25, -0.2) is 0 Å². The number of methoxy groups -OCH3 is 1. The van der Waals surface area contributed by atoms with Crippen LogP contribution < -0.4 is 0 Å². The fourth-order valence-electron chi connectivity index (χ4n) is 1.25. The van der Waals surface area contributed by atoms with E-state index in [-0.39, 0.29) is 0 Å². The number of hydrogen-bond donors (Lipinski definition) is 3. The van der Waals surface area contributed by atoms with Gasteiger partial charge >= 0.3 is 0 Å². The molecule has 0 spiro atoms. The molecule has 4 nitrogen and oxygen atoms in total. The first kappa shape index (κ1) is 7.94. The maximum absolute atomic E-state index is 9.04. The van der Waals surface area contributed by atoms with Gasteiger partial charge in [-0.05, 0) is 6.92 Å². The standard InChI is InChI=1S/C6H12O4/c1-3(7)6(10-2)4(8)5(6)9/h3-5,7-9H,1-2H3. The fourth-order valence-corrected chi connectivity index (χ4v) is 1.25. The molecule has 1 fully saturated rings. The quantitative estimate of drug-likeness (QED) is 0.445. The number of rotatable bonds is 2. The summed E-state index contributed by atoms with van der Waals surface area (Å²) in [7, 11) is 1.35. The van der Waals surface area contributed by atoms with Crippen LogP contribution in [-0.2, 0) is 4.74 Å². The van der Waals surface area contributed by atoms with Gasteiger partial charge in [-0.15, -0.1) is 0 Å². The van der Waals surface area contributed by atoms with Crippen LogP contribution in [0.15, 0.2) is 0 Å². The van der Waals surface area contributed by atoms with Crippen molar-refractivity contribution in [2.75, 3.05) is 7.11 Å². The Morgan fingerprint density at radius 1 is 1.40 bits per heavy atom. The smallest absolute Gasteiger partial charge is 0.150 e. The largest absolute Gasteiger partial charge is 0.390 e. The lowest BCUT2D eigenvalue weighted by atomic mass is 10.2. The molecule has 60 valence electrons. The summed E-state index contributed by atoms with van der Waals surface area (Å²) in [5, 5.41) is 27.0. The molecule has 1 rings (SSSR count). The average molecular weight is 148 g/mol. The van der Waals surface area contributed by atoms with Crippen LogP contribution in [0.2, 0.25) is 0 Å². The van der Waals surface area contributed by atoms with Crippen molar-refractivity contribution in [3.8, 4) is 0 Å². The minimum absolute atomic E-state index is 0.845. The van der Waals surface area contributed by atoms with Crippen LogP contribution in [0.4, 0.5) is 0 Å². The zero-order chi connectivity index (χ0) is 7.94. The van der Waals surface area contributed by atoms with Gasteiger partial charge in [0, 0.05) is 7.11 Å². The average Bonchev–Trinajstić information content (AvgIpc) is 2.38. The van der Waals surface area contributed by atoms with Crippen molar-refractivity contribution >= 4 is 0 Å². The number of aliphatic hydroxyl groups excluding tert-OH is 3. The summed E-state index contributed by atoms with van der Waals surface area (Å²) in [6.45, 7) is 1.48. The molecule has 0 saturated heterocycles. The van der Waals surface area contributed by atoms with Crippen LogP contribution in [0.1, 0.15) is 6.92 Å². The molecule has 3 unspecified atom stereocenters. The van der Waals surface area contributed by atoms with Crippen LogP contribution in [0.5, 0.6) is 0 Å². The molecule has 1 saturated carbocycles. The molecule has 0 aromatic carbocycles. The van der Waals surface area contributed by atoms with Crippen LogP contribution in [0.25, 0.3) is 0 Å². The summed E-state index contributed by atoms with van der Waals surface area (Å²) in [6, 6.07) is 0. The first-order valence-electron chi connectivity index (χ1n) is 3.16. The number of ether oxygens (including phenoxy) is 1. The zero-order valence-corrected chi connectivity index (χ0v) is 5.98. The van der Waals surface area contributed by atoms with Crippen LogP contribution >= 0.6 is 0 Å². The highest BCUT2D eigenvalue weighted by molar-refractivity contribution is 5.18. The Kier molecular flexibility index (Phi) is 1.72. The highest BCUT2D eigenvalue weighted by Gasteiger charge is 2.68. The zero-order valence-electron chi connectivity index (χ0n) is 5.98. The Labute approximate surface area is 59.1 Å². The van der Waals surface area contributed by atoms with Crippen molar-refractivity contribution < 1.29 is 20.1 Å². The van der Waals surface area contributed by atoms with Gasteiger partial charge in [0.1, 0.15) is 17.8 Å². The molecule has 3 N–H and O–H groups in total. The van der Waals surface area contributed by atoms with Gasteiger partial charge in [-0.1, -0.05) is 0 Å². The van der Waals surface area contributed by atoms with Crippen molar-refractivity contribution in [2.24, 2.45) is 0 Å². The molecule has 0 aromatic rings. The Hall–Kier alpha value is -0.160. The van der Waals surface area contributed by atoms with E-state index in [4.69, 9.17) is 20.1 Å². The molecule has 0 amide bonds. The van der Waals surface area contributed by atoms with E-state index in [2.05, 4.69) is 0 Å². The normalized spacial score (nSPS) is 48.9. The Bertz CT molecular complexity index is 116. The van der Waals surface area contributed by atoms with Crippen molar-refractivity contribution in [3.05, 3.63) is 0 Å². The lowest BCUT2D eigenvalue weighted by Crippen LogP contribution is -2.33. The van der Waals surface area contributed by atoms with Crippen LogP contribution in [0.3, 0.4) is 0 Å². The predicted octanol–water partition coefficient (Wildman–Crippen LogP) is -1.51. The molecule has 0 bridgehead atoms. The second kappa shape index (κ2) is 2.17. The van der Waals surface area contributed by atoms with Crippen LogP contribution in [-0.4, -0.2) is 46.3 Å². The predicted molar refractivity (Wildman–Crippen MR) is 33.4 cm³/mol. The number of aliphatic hydroxyl groups is 3. The van der Waals surface area contributed by atoms with Gasteiger partial charge in [-0.2, -0.15) is 0 Å². The molecular weight excluding hydrogens is 136 g/mol. The Morgan fingerprint density at radius 3 is 1.80 bits per heavy atom. The van der Waals surface area contributed by atoms with E-state index >= 15 is 0 Å². The second-order valence-electron chi connectivity index (χ2n) is 2.62. The summed E-state index contributed by atoms with van der Waals surface area (Å²) in [6.07, 6.45) is -2.74. The van der Waals surface area contributed by atoms with Crippen molar-refractivity contribution in [2.45, 2.75) is 30.8 Å². The van der Waals surface area contributed by atoms with Gasteiger partial charge in [-0.3, -0.25) is 0 Å². The van der Waals surface area contributed by atoms with E-state index in [1.54, 1.807) is 0 Å². The van der Waals surface area contributed by atoms with Gasteiger partial charge < -0.3 is 20.1 Å². The fraction of sp³-hybridized carbons (Fsp3) is 1.00. The lowest BCUT2D eigenvalue weighted by molar-refractivity contribution is -0.0622. The molecule has 0 aromatic heterocycles.